The molecule has 2 aromatic heterocycles. The summed E-state index contributed by atoms with van der Waals surface area (Å²) in [5.74, 6) is 0.665. The molecule has 22 heavy (non-hydrogen) atoms. The van der Waals surface area contributed by atoms with Crippen molar-refractivity contribution in [3.63, 3.8) is 0 Å². The smallest absolute Gasteiger partial charge is 0.0543 e. The van der Waals surface area contributed by atoms with Gasteiger partial charge in [-0.1, -0.05) is 13.0 Å². The van der Waals surface area contributed by atoms with Crippen LogP contribution in [0, 0.1) is 5.92 Å². The van der Waals surface area contributed by atoms with Crippen molar-refractivity contribution in [2.75, 3.05) is 13.1 Å². The maximum atomic E-state index is 4.44. The van der Waals surface area contributed by atoms with E-state index in [9.17, 15) is 0 Å². The zero-order valence-corrected chi connectivity index (χ0v) is 14.2. The molecule has 0 aliphatic carbocycles. The summed E-state index contributed by atoms with van der Waals surface area (Å²) in [7, 11) is 0. The Bertz CT molecular complexity index is 555. The Hall–Kier alpha value is -1.23. The van der Waals surface area contributed by atoms with Crippen molar-refractivity contribution in [1.82, 2.24) is 15.2 Å². The second-order valence-electron chi connectivity index (χ2n) is 6.37. The lowest BCUT2D eigenvalue weighted by molar-refractivity contribution is 0.134. The Kier molecular flexibility index (Phi) is 5.24. The highest BCUT2D eigenvalue weighted by atomic mass is 32.1. The third-order valence-electron chi connectivity index (χ3n) is 4.61. The molecule has 1 fully saturated rings. The number of aromatic nitrogens is 1. The quantitative estimate of drug-likeness (QED) is 0.912. The van der Waals surface area contributed by atoms with Gasteiger partial charge in [-0.05, 0) is 53.8 Å². The van der Waals surface area contributed by atoms with Gasteiger partial charge in [0.1, 0.15) is 0 Å². The molecule has 3 heterocycles. The zero-order valence-electron chi connectivity index (χ0n) is 13.4. The zero-order chi connectivity index (χ0) is 15.4. The largest absolute Gasteiger partial charge is 0.307 e. The first-order chi connectivity index (χ1) is 10.7. The van der Waals surface area contributed by atoms with Crippen LogP contribution in [-0.2, 0) is 6.54 Å². The first kappa shape index (κ1) is 15.7. The van der Waals surface area contributed by atoms with Crippen molar-refractivity contribution in [1.29, 1.82) is 0 Å². The Labute approximate surface area is 137 Å². The van der Waals surface area contributed by atoms with Gasteiger partial charge in [0, 0.05) is 37.9 Å². The van der Waals surface area contributed by atoms with Crippen LogP contribution in [-0.4, -0.2) is 29.0 Å². The Morgan fingerprint density at radius 2 is 2.32 bits per heavy atom. The summed E-state index contributed by atoms with van der Waals surface area (Å²) in [6, 6.07) is 9.45. The molecular formula is C18H25N3S. The molecule has 0 bridgehead atoms. The lowest BCUT2D eigenvalue weighted by Crippen LogP contribution is -2.48. The summed E-state index contributed by atoms with van der Waals surface area (Å²) in [4.78, 5) is 6.97. The monoisotopic (exact) mass is 315 g/mol. The maximum Gasteiger partial charge on any atom is 0.0543 e. The van der Waals surface area contributed by atoms with Crippen molar-refractivity contribution in [2.45, 2.75) is 38.9 Å². The molecule has 0 saturated carbocycles. The minimum absolute atomic E-state index is 0.445. The van der Waals surface area contributed by atoms with E-state index in [4.69, 9.17) is 0 Å². The summed E-state index contributed by atoms with van der Waals surface area (Å²) in [5.41, 5.74) is 2.58. The van der Waals surface area contributed by atoms with Crippen molar-refractivity contribution < 1.29 is 0 Å². The Morgan fingerprint density at radius 1 is 1.41 bits per heavy atom. The highest BCUT2D eigenvalue weighted by Gasteiger charge is 2.27. The van der Waals surface area contributed by atoms with Crippen LogP contribution in [0.5, 0.6) is 0 Å². The average molecular weight is 315 g/mol. The van der Waals surface area contributed by atoms with Crippen LogP contribution < -0.4 is 5.32 Å². The third-order valence-corrected chi connectivity index (χ3v) is 5.31. The second kappa shape index (κ2) is 7.36. The van der Waals surface area contributed by atoms with Crippen LogP contribution in [0.3, 0.4) is 0 Å². The number of nitrogens with zero attached hydrogens (tertiary/aromatic N) is 2. The van der Waals surface area contributed by atoms with E-state index >= 15 is 0 Å². The van der Waals surface area contributed by atoms with Gasteiger partial charge in [0.05, 0.1) is 5.69 Å². The Morgan fingerprint density at radius 3 is 3.00 bits per heavy atom. The fourth-order valence-electron chi connectivity index (χ4n) is 3.28. The fraction of sp³-hybridized carbons (Fsp3) is 0.500. The van der Waals surface area contributed by atoms with Crippen LogP contribution >= 0.6 is 11.3 Å². The number of hydrogen-bond donors (Lipinski definition) is 1. The highest BCUT2D eigenvalue weighted by Crippen LogP contribution is 2.23. The predicted octanol–water partition coefficient (Wildman–Crippen LogP) is 3.70. The molecule has 118 valence electrons. The van der Waals surface area contributed by atoms with Crippen molar-refractivity contribution >= 4 is 11.3 Å². The number of nitrogens with one attached hydrogen (secondary N) is 1. The molecule has 1 aliphatic heterocycles. The molecule has 3 rings (SSSR count). The molecule has 1 aliphatic rings. The van der Waals surface area contributed by atoms with E-state index in [0.29, 0.717) is 18.0 Å². The van der Waals surface area contributed by atoms with E-state index in [1.165, 1.54) is 17.7 Å². The highest BCUT2D eigenvalue weighted by molar-refractivity contribution is 7.07. The normalized spacial score (nSPS) is 24.3. The molecule has 0 amide bonds. The number of piperidine rings is 1. The molecule has 0 spiro atoms. The number of likely N-dealkylation sites (tertiary alicyclic amines) is 1. The maximum absolute atomic E-state index is 4.44. The van der Waals surface area contributed by atoms with Crippen LogP contribution in [0.4, 0.5) is 0 Å². The number of pyridine rings is 1. The van der Waals surface area contributed by atoms with E-state index in [1.807, 2.05) is 12.3 Å². The second-order valence-corrected chi connectivity index (χ2v) is 7.15. The van der Waals surface area contributed by atoms with E-state index in [2.05, 4.69) is 58.0 Å². The van der Waals surface area contributed by atoms with Crippen molar-refractivity contribution in [3.05, 3.63) is 52.5 Å². The van der Waals surface area contributed by atoms with Crippen molar-refractivity contribution in [2.24, 2.45) is 5.92 Å². The lowest BCUT2D eigenvalue weighted by atomic mass is 9.92. The van der Waals surface area contributed by atoms with Crippen LogP contribution in [0.1, 0.15) is 37.6 Å². The molecule has 3 atom stereocenters. The van der Waals surface area contributed by atoms with Crippen molar-refractivity contribution in [3.8, 4) is 0 Å². The van der Waals surface area contributed by atoms with Crippen LogP contribution in [0.25, 0.3) is 0 Å². The summed E-state index contributed by atoms with van der Waals surface area (Å²) in [6.45, 7) is 7.90. The summed E-state index contributed by atoms with van der Waals surface area (Å²) < 4.78 is 0. The first-order valence-electron chi connectivity index (χ1n) is 8.13. The third kappa shape index (κ3) is 3.94. The first-order valence-corrected chi connectivity index (χ1v) is 9.07. The summed E-state index contributed by atoms with van der Waals surface area (Å²) >= 11 is 1.78. The van der Waals surface area contributed by atoms with Gasteiger partial charge >= 0.3 is 0 Å². The van der Waals surface area contributed by atoms with E-state index in [1.54, 1.807) is 11.3 Å². The minimum atomic E-state index is 0.445. The van der Waals surface area contributed by atoms with Gasteiger partial charge in [-0.3, -0.25) is 9.88 Å². The predicted molar refractivity (Wildman–Crippen MR) is 93.0 cm³/mol. The van der Waals surface area contributed by atoms with Gasteiger partial charge in [-0.15, -0.1) is 0 Å². The molecule has 0 aromatic carbocycles. The topological polar surface area (TPSA) is 28.2 Å². The summed E-state index contributed by atoms with van der Waals surface area (Å²) in [6.07, 6.45) is 3.10. The molecule has 1 saturated heterocycles. The van der Waals surface area contributed by atoms with Gasteiger partial charge in [0.2, 0.25) is 0 Å². The Balaban J connectivity index is 1.52. The fourth-order valence-corrected chi connectivity index (χ4v) is 4.04. The molecular weight excluding hydrogens is 290 g/mol. The van der Waals surface area contributed by atoms with Gasteiger partial charge in [0.15, 0.2) is 0 Å². The van der Waals surface area contributed by atoms with E-state index in [-0.39, 0.29) is 0 Å². The van der Waals surface area contributed by atoms with Gasteiger partial charge in [-0.2, -0.15) is 11.3 Å². The number of rotatable bonds is 5. The lowest BCUT2D eigenvalue weighted by Gasteiger charge is -2.38. The van der Waals surface area contributed by atoms with E-state index in [0.717, 1.165) is 19.6 Å². The van der Waals surface area contributed by atoms with Crippen LogP contribution in [0.2, 0.25) is 0 Å². The molecule has 0 unspecified atom stereocenters. The molecule has 0 radical (unpaired) electrons. The number of thiophene rings is 1. The van der Waals surface area contributed by atoms with Gasteiger partial charge < -0.3 is 5.32 Å². The van der Waals surface area contributed by atoms with Gasteiger partial charge in [0.25, 0.3) is 0 Å². The summed E-state index contributed by atoms with van der Waals surface area (Å²) in [5, 5.41) is 8.23. The minimum Gasteiger partial charge on any atom is -0.307 e. The molecule has 4 heteroatoms. The molecule has 2 aromatic rings. The van der Waals surface area contributed by atoms with Gasteiger partial charge in [-0.25, -0.2) is 0 Å². The standard InChI is InChI=1S/C18H25N3S/c1-14-11-21(12-17-5-3-4-8-19-17)9-6-18(14)20-15(2)16-7-10-22-13-16/h3-5,7-8,10,13-15,18,20H,6,9,11-12H2,1-2H3/t14-,15-,18-/m0/s1. The van der Waals surface area contributed by atoms with Crippen LogP contribution in [0.15, 0.2) is 41.2 Å². The SMILES string of the molecule is C[C@H](N[C@H]1CCN(Cc2ccccn2)C[C@@H]1C)c1ccsc1. The molecule has 1 N–H and O–H groups in total. The molecule has 3 nitrogen and oxygen atoms in total. The number of hydrogen-bond acceptors (Lipinski definition) is 4. The van der Waals surface area contributed by atoms with E-state index < -0.39 is 0 Å². The average Bonchev–Trinajstić information content (AvgIpc) is 3.05.